The van der Waals surface area contributed by atoms with Crippen LogP contribution in [0.4, 0.5) is 0 Å². The summed E-state index contributed by atoms with van der Waals surface area (Å²) >= 11 is 0. The molecule has 1 fully saturated rings. The quantitative estimate of drug-likeness (QED) is 0.909. The second-order valence-electron chi connectivity index (χ2n) is 5.96. The molecule has 1 atom stereocenters. The lowest BCUT2D eigenvalue weighted by Crippen LogP contribution is -2.27. The van der Waals surface area contributed by atoms with Crippen molar-refractivity contribution in [3.63, 3.8) is 0 Å². The van der Waals surface area contributed by atoms with Gasteiger partial charge in [-0.3, -0.25) is 0 Å². The number of hydrogen-bond donors (Lipinski definition) is 1. The molecule has 0 aromatic heterocycles. The van der Waals surface area contributed by atoms with E-state index in [1.165, 1.54) is 17.5 Å². The van der Waals surface area contributed by atoms with E-state index >= 15 is 0 Å². The standard InChI is InChI=1S/C16H23NO3S/c18-21(19,17-10-9-15-6-3-11-20-15)16-8-7-13-4-1-2-5-14(13)12-16/h7-8,12,15,17H,1-6,9-11H2. The molecule has 1 aromatic carbocycles. The van der Waals surface area contributed by atoms with Gasteiger partial charge in [-0.2, -0.15) is 0 Å². The number of fused-ring (bicyclic) bond motifs is 1. The molecule has 1 aromatic rings. The molecule has 0 saturated carbocycles. The highest BCUT2D eigenvalue weighted by Crippen LogP contribution is 2.24. The second kappa shape index (κ2) is 6.46. The third kappa shape index (κ3) is 3.65. The van der Waals surface area contributed by atoms with Gasteiger partial charge in [0.05, 0.1) is 11.0 Å². The molecule has 4 nitrogen and oxygen atoms in total. The lowest BCUT2D eigenvalue weighted by Gasteiger charge is -2.17. The van der Waals surface area contributed by atoms with Crippen LogP contribution in [0.5, 0.6) is 0 Å². The highest BCUT2D eigenvalue weighted by molar-refractivity contribution is 7.89. The maximum absolute atomic E-state index is 12.3. The van der Waals surface area contributed by atoms with E-state index in [4.69, 9.17) is 4.74 Å². The third-order valence-corrected chi connectivity index (χ3v) is 5.87. The molecule has 0 spiro atoms. The van der Waals surface area contributed by atoms with E-state index in [0.717, 1.165) is 45.1 Å². The van der Waals surface area contributed by atoms with Crippen molar-refractivity contribution < 1.29 is 13.2 Å². The van der Waals surface area contributed by atoms with Crippen LogP contribution < -0.4 is 4.72 Å². The number of aryl methyl sites for hydroxylation is 2. The Morgan fingerprint density at radius 3 is 2.71 bits per heavy atom. The van der Waals surface area contributed by atoms with Gasteiger partial charge in [-0.25, -0.2) is 13.1 Å². The number of nitrogens with one attached hydrogen (secondary N) is 1. The van der Waals surface area contributed by atoms with Gasteiger partial charge in [0.1, 0.15) is 0 Å². The topological polar surface area (TPSA) is 55.4 Å². The Labute approximate surface area is 126 Å². The molecule has 1 unspecified atom stereocenters. The van der Waals surface area contributed by atoms with Crippen molar-refractivity contribution in [3.05, 3.63) is 29.3 Å². The van der Waals surface area contributed by atoms with Crippen LogP contribution in [-0.4, -0.2) is 27.7 Å². The van der Waals surface area contributed by atoms with Crippen molar-refractivity contribution in [1.29, 1.82) is 0 Å². The monoisotopic (exact) mass is 309 g/mol. The van der Waals surface area contributed by atoms with Gasteiger partial charge in [0, 0.05) is 13.2 Å². The van der Waals surface area contributed by atoms with Crippen LogP contribution in [0.2, 0.25) is 0 Å². The average Bonchev–Trinajstić information content (AvgIpc) is 3.00. The smallest absolute Gasteiger partial charge is 0.240 e. The molecule has 21 heavy (non-hydrogen) atoms. The molecular formula is C16H23NO3S. The Morgan fingerprint density at radius 2 is 1.95 bits per heavy atom. The van der Waals surface area contributed by atoms with Crippen molar-refractivity contribution in [2.45, 2.75) is 55.9 Å². The molecule has 1 aliphatic heterocycles. The third-order valence-electron chi connectivity index (χ3n) is 4.41. The lowest BCUT2D eigenvalue weighted by molar-refractivity contribution is 0.105. The van der Waals surface area contributed by atoms with Crippen LogP contribution in [0.25, 0.3) is 0 Å². The van der Waals surface area contributed by atoms with Crippen molar-refractivity contribution >= 4 is 10.0 Å². The largest absolute Gasteiger partial charge is 0.378 e. The van der Waals surface area contributed by atoms with Crippen LogP contribution in [0.3, 0.4) is 0 Å². The van der Waals surface area contributed by atoms with Crippen molar-refractivity contribution in [3.8, 4) is 0 Å². The molecule has 1 aliphatic carbocycles. The van der Waals surface area contributed by atoms with Crippen LogP contribution in [0, 0.1) is 0 Å². The van der Waals surface area contributed by atoms with E-state index < -0.39 is 10.0 Å². The summed E-state index contributed by atoms with van der Waals surface area (Å²) < 4.78 is 32.9. The van der Waals surface area contributed by atoms with Gasteiger partial charge in [0.25, 0.3) is 0 Å². The summed E-state index contributed by atoms with van der Waals surface area (Å²) in [6.45, 7) is 1.26. The Morgan fingerprint density at radius 1 is 1.14 bits per heavy atom. The van der Waals surface area contributed by atoms with E-state index in [-0.39, 0.29) is 6.10 Å². The first-order valence-electron chi connectivity index (χ1n) is 7.88. The Balaban J connectivity index is 1.63. The first-order valence-corrected chi connectivity index (χ1v) is 9.36. The molecule has 0 bridgehead atoms. The predicted molar refractivity (Wildman–Crippen MR) is 81.9 cm³/mol. The van der Waals surface area contributed by atoms with Gasteiger partial charge in [-0.05, 0) is 68.2 Å². The SMILES string of the molecule is O=S(=O)(NCCC1CCCO1)c1ccc2c(c1)CCCC2. The summed E-state index contributed by atoms with van der Waals surface area (Å²) in [4.78, 5) is 0.399. The van der Waals surface area contributed by atoms with Crippen molar-refractivity contribution in [1.82, 2.24) is 4.72 Å². The molecule has 1 heterocycles. The fourth-order valence-corrected chi connectivity index (χ4v) is 4.28. The molecule has 1 N–H and O–H groups in total. The zero-order valence-electron chi connectivity index (χ0n) is 12.3. The molecule has 3 rings (SSSR count). The van der Waals surface area contributed by atoms with E-state index in [2.05, 4.69) is 4.72 Å². The van der Waals surface area contributed by atoms with E-state index in [0.29, 0.717) is 11.4 Å². The van der Waals surface area contributed by atoms with Crippen LogP contribution >= 0.6 is 0 Å². The lowest BCUT2D eigenvalue weighted by atomic mass is 9.92. The average molecular weight is 309 g/mol. The van der Waals surface area contributed by atoms with Gasteiger partial charge in [0.15, 0.2) is 0 Å². The number of ether oxygens (including phenoxy) is 1. The zero-order chi connectivity index (χ0) is 14.7. The summed E-state index contributed by atoms with van der Waals surface area (Å²) in [6.07, 6.45) is 7.53. The van der Waals surface area contributed by atoms with Crippen molar-refractivity contribution in [2.75, 3.05) is 13.2 Å². The molecule has 1 saturated heterocycles. The fourth-order valence-electron chi connectivity index (χ4n) is 3.19. The summed E-state index contributed by atoms with van der Waals surface area (Å²) in [5.74, 6) is 0. The van der Waals surface area contributed by atoms with Gasteiger partial charge in [-0.1, -0.05) is 6.07 Å². The van der Waals surface area contributed by atoms with Crippen LogP contribution in [-0.2, 0) is 27.6 Å². The minimum atomic E-state index is -3.39. The first kappa shape index (κ1) is 15.0. The van der Waals surface area contributed by atoms with Gasteiger partial charge < -0.3 is 4.74 Å². The molecule has 116 valence electrons. The molecule has 2 aliphatic rings. The number of benzene rings is 1. The number of sulfonamides is 1. The predicted octanol–water partition coefficient (Wildman–Crippen LogP) is 2.41. The normalized spacial score (nSPS) is 22.2. The maximum atomic E-state index is 12.3. The summed E-state index contributed by atoms with van der Waals surface area (Å²) in [5, 5.41) is 0. The fraction of sp³-hybridized carbons (Fsp3) is 0.625. The second-order valence-corrected chi connectivity index (χ2v) is 7.73. The maximum Gasteiger partial charge on any atom is 0.240 e. The van der Waals surface area contributed by atoms with E-state index in [9.17, 15) is 8.42 Å². The minimum absolute atomic E-state index is 0.219. The number of rotatable bonds is 5. The van der Waals surface area contributed by atoms with Crippen LogP contribution in [0.1, 0.15) is 43.2 Å². The van der Waals surface area contributed by atoms with Gasteiger partial charge in [-0.15, -0.1) is 0 Å². The first-order chi connectivity index (χ1) is 10.1. The summed E-state index contributed by atoms with van der Waals surface area (Å²) in [7, 11) is -3.39. The Hall–Kier alpha value is -0.910. The van der Waals surface area contributed by atoms with Gasteiger partial charge in [0.2, 0.25) is 10.0 Å². The van der Waals surface area contributed by atoms with E-state index in [1.807, 2.05) is 12.1 Å². The van der Waals surface area contributed by atoms with Crippen LogP contribution in [0.15, 0.2) is 23.1 Å². The van der Waals surface area contributed by atoms with Gasteiger partial charge >= 0.3 is 0 Å². The highest BCUT2D eigenvalue weighted by Gasteiger charge is 2.19. The highest BCUT2D eigenvalue weighted by atomic mass is 32.2. The molecule has 0 amide bonds. The molecular weight excluding hydrogens is 286 g/mol. The Kier molecular flexibility index (Phi) is 4.62. The molecule has 5 heteroatoms. The van der Waals surface area contributed by atoms with E-state index in [1.54, 1.807) is 6.07 Å². The zero-order valence-corrected chi connectivity index (χ0v) is 13.1. The minimum Gasteiger partial charge on any atom is -0.378 e. The summed E-state index contributed by atoms with van der Waals surface area (Å²) in [6, 6.07) is 5.56. The Bertz CT molecular complexity index is 592. The molecule has 0 radical (unpaired) electrons. The van der Waals surface area contributed by atoms with Crippen molar-refractivity contribution in [2.24, 2.45) is 0 Å². The number of hydrogen-bond acceptors (Lipinski definition) is 3. The summed E-state index contributed by atoms with van der Waals surface area (Å²) in [5.41, 5.74) is 2.50.